The number of carboxylic acids is 1. The summed E-state index contributed by atoms with van der Waals surface area (Å²) in [5, 5.41) is 11.1. The van der Waals surface area contributed by atoms with Gasteiger partial charge in [0, 0.05) is 4.88 Å². The number of hydrogen-bond acceptors (Lipinski definition) is 4. The molecule has 1 aromatic rings. The fourth-order valence-corrected chi connectivity index (χ4v) is 4.89. The second-order valence-corrected chi connectivity index (χ2v) is 7.65. The van der Waals surface area contributed by atoms with Crippen molar-refractivity contribution in [2.75, 3.05) is 11.5 Å². The molecule has 0 radical (unpaired) electrons. The number of sulfone groups is 1. The summed E-state index contributed by atoms with van der Waals surface area (Å²) in [7, 11) is -3.01. The molecule has 1 N–H and O–H groups in total. The van der Waals surface area contributed by atoms with Crippen LogP contribution in [0.5, 0.6) is 0 Å². The van der Waals surface area contributed by atoms with Crippen molar-refractivity contribution in [1.29, 1.82) is 0 Å². The number of rotatable bonds is 4. The van der Waals surface area contributed by atoms with E-state index >= 15 is 0 Å². The van der Waals surface area contributed by atoms with Crippen LogP contribution in [0.25, 0.3) is 0 Å². The van der Waals surface area contributed by atoms with E-state index in [1.165, 1.54) is 11.3 Å². The molecule has 4 nitrogen and oxygen atoms in total. The molecule has 1 aliphatic heterocycles. The summed E-state index contributed by atoms with van der Waals surface area (Å²) in [6.07, 6.45) is 0.915. The van der Waals surface area contributed by atoms with Crippen molar-refractivity contribution >= 4 is 27.1 Å². The van der Waals surface area contributed by atoms with Gasteiger partial charge in [0.05, 0.1) is 17.4 Å². The number of carboxylic acid groups (broad SMARTS) is 1. The topological polar surface area (TPSA) is 71.4 Å². The minimum atomic E-state index is -3.01. The van der Waals surface area contributed by atoms with Crippen LogP contribution >= 0.6 is 11.3 Å². The molecule has 0 spiro atoms. The standard InChI is InChI=1S/C11H14O4S2/c12-11(13)10(6-9-2-1-4-16-9)8-3-5-17(14,15)7-8/h1-2,4,8,10H,3,5-7H2,(H,12,13). The summed E-state index contributed by atoms with van der Waals surface area (Å²) in [4.78, 5) is 12.2. The highest BCUT2D eigenvalue weighted by atomic mass is 32.2. The van der Waals surface area contributed by atoms with Gasteiger partial charge in [-0.05, 0) is 30.2 Å². The van der Waals surface area contributed by atoms with E-state index in [4.69, 9.17) is 0 Å². The zero-order chi connectivity index (χ0) is 12.5. The summed E-state index contributed by atoms with van der Waals surface area (Å²) in [5.41, 5.74) is 0. The Hall–Kier alpha value is -0.880. The zero-order valence-corrected chi connectivity index (χ0v) is 10.8. The Bertz CT molecular complexity index is 490. The average molecular weight is 274 g/mol. The maximum absolute atomic E-state index is 11.4. The van der Waals surface area contributed by atoms with Crippen LogP contribution in [-0.2, 0) is 21.1 Å². The van der Waals surface area contributed by atoms with E-state index in [-0.39, 0.29) is 17.4 Å². The largest absolute Gasteiger partial charge is 0.481 e. The first-order valence-electron chi connectivity index (χ1n) is 5.43. The monoisotopic (exact) mass is 274 g/mol. The maximum Gasteiger partial charge on any atom is 0.307 e. The maximum atomic E-state index is 11.4. The fourth-order valence-electron chi connectivity index (χ4n) is 2.24. The minimum Gasteiger partial charge on any atom is -0.481 e. The highest BCUT2D eigenvalue weighted by Crippen LogP contribution is 2.29. The summed E-state index contributed by atoms with van der Waals surface area (Å²) < 4.78 is 22.8. The van der Waals surface area contributed by atoms with Gasteiger partial charge < -0.3 is 5.11 Å². The van der Waals surface area contributed by atoms with Gasteiger partial charge in [0.1, 0.15) is 0 Å². The van der Waals surface area contributed by atoms with Crippen LogP contribution in [0.15, 0.2) is 17.5 Å². The minimum absolute atomic E-state index is 0.0232. The second-order valence-electron chi connectivity index (χ2n) is 4.39. The Labute approximate surface area is 104 Å². The lowest BCUT2D eigenvalue weighted by molar-refractivity contribution is -0.143. The van der Waals surface area contributed by atoms with E-state index in [0.717, 1.165) is 4.88 Å². The van der Waals surface area contributed by atoms with Gasteiger partial charge in [-0.1, -0.05) is 6.07 Å². The fraction of sp³-hybridized carbons (Fsp3) is 0.545. The number of carbonyl (C=O) groups is 1. The molecule has 0 aromatic carbocycles. The van der Waals surface area contributed by atoms with Crippen molar-refractivity contribution in [3.05, 3.63) is 22.4 Å². The van der Waals surface area contributed by atoms with Crippen LogP contribution in [0.1, 0.15) is 11.3 Å². The summed E-state index contributed by atoms with van der Waals surface area (Å²) in [6, 6.07) is 3.77. The highest BCUT2D eigenvalue weighted by Gasteiger charge is 2.37. The molecule has 0 amide bonds. The van der Waals surface area contributed by atoms with Crippen LogP contribution in [0, 0.1) is 11.8 Å². The van der Waals surface area contributed by atoms with Crippen molar-refractivity contribution in [3.63, 3.8) is 0 Å². The number of hydrogen-bond donors (Lipinski definition) is 1. The van der Waals surface area contributed by atoms with Crippen molar-refractivity contribution < 1.29 is 18.3 Å². The lowest BCUT2D eigenvalue weighted by atomic mass is 9.88. The zero-order valence-electron chi connectivity index (χ0n) is 9.20. The van der Waals surface area contributed by atoms with Crippen LogP contribution in [0.4, 0.5) is 0 Å². The Kier molecular flexibility index (Phi) is 3.53. The molecular weight excluding hydrogens is 260 g/mol. The molecule has 0 aliphatic carbocycles. The normalized spacial score (nSPS) is 24.6. The Morgan fingerprint density at radius 3 is 2.82 bits per heavy atom. The molecule has 0 bridgehead atoms. The quantitative estimate of drug-likeness (QED) is 0.901. The molecule has 1 saturated heterocycles. The van der Waals surface area contributed by atoms with Gasteiger partial charge in [-0.25, -0.2) is 8.42 Å². The molecule has 1 fully saturated rings. The van der Waals surface area contributed by atoms with Crippen LogP contribution in [0.2, 0.25) is 0 Å². The van der Waals surface area contributed by atoms with Gasteiger partial charge in [0.15, 0.2) is 9.84 Å². The van der Waals surface area contributed by atoms with Crippen molar-refractivity contribution in [1.82, 2.24) is 0 Å². The smallest absolute Gasteiger partial charge is 0.307 e. The second kappa shape index (κ2) is 4.78. The molecular formula is C11H14O4S2. The SMILES string of the molecule is O=C(O)C(Cc1cccs1)C1CCS(=O)(=O)C1. The molecule has 2 unspecified atom stereocenters. The molecule has 0 saturated carbocycles. The predicted octanol–water partition coefficient (Wildman–Crippen LogP) is 1.43. The van der Waals surface area contributed by atoms with E-state index in [2.05, 4.69) is 0 Å². The lowest BCUT2D eigenvalue weighted by Crippen LogP contribution is -2.26. The van der Waals surface area contributed by atoms with E-state index in [9.17, 15) is 18.3 Å². The molecule has 1 aromatic heterocycles. The molecule has 2 rings (SSSR count). The average Bonchev–Trinajstić information content (AvgIpc) is 2.83. The van der Waals surface area contributed by atoms with Crippen LogP contribution in [-0.4, -0.2) is 31.0 Å². The molecule has 17 heavy (non-hydrogen) atoms. The van der Waals surface area contributed by atoms with Crippen molar-refractivity contribution in [3.8, 4) is 0 Å². The molecule has 2 heterocycles. The van der Waals surface area contributed by atoms with Gasteiger partial charge in [-0.3, -0.25) is 4.79 Å². The predicted molar refractivity (Wildman–Crippen MR) is 65.9 cm³/mol. The molecule has 6 heteroatoms. The third-order valence-electron chi connectivity index (χ3n) is 3.16. The summed E-state index contributed by atoms with van der Waals surface area (Å²) >= 11 is 1.51. The van der Waals surface area contributed by atoms with Gasteiger partial charge in [0.25, 0.3) is 0 Å². The van der Waals surface area contributed by atoms with Crippen molar-refractivity contribution in [2.24, 2.45) is 11.8 Å². The van der Waals surface area contributed by atoms with Crippen molar-refractivity contribution in [2.45, 2.75) is 12.8 Å². The third-order valence-corrected chi connectivity index (χ3v) is 5.85. The van der Waals surface area contributed by atoms with Gasteiger partial charge >= 0.3 is 5.97 Å². The third kappa shape index (κ3) is 3.07. The van der Waals surface area contributed by atoms with Crippen LogP contribution < -0.4 is 0 Å². The van der Waals surface area contributed by atoms with Gasteiger partial charge in [-0.15, -0.1) is 11.3 Å². The Morgan fingerprint density at radius 2 is 2.35 bits per heavy atom. The summed E-state index contributed by atoms with van der Waals surface area (Å²) in [5.74, 6) is -1.55. The van der Waals surface area contributed by atoms with Gasteiger partial charge in [0.2, 0.25) is 0 Å². The van der Waals surface area contributed by atoms with Crippen LogP contribution in [0.3, 0.4) is 0 Å². The molecule has 1 aliphatic rings. The first-order valence-corrected chi connectivity index (χ1v) is 8.13. The van der Waals surface area contributed by atoms with Gasteiger partial charge in [-0.2, -0.15) is 0 Å². The number of aliphatic carboxylic acids is 1. The van der Waals surface area contributed by atoms with E-state index in [0.29, 0.717) is 12.8 Å². The van der Waals surface area contributed by atoms with E-state index in [1.807, 2.05) is 17.5 Å². The highest BCUT2D eigenvalue weighted by molar-refractivity contribution is 7.91. The first kappa shape index (κ1) is 12.6. The number of thiophene rings is 1. The molecule has 94 valence electrons. The first-order chi connectivity index (χ1) is 7.98. The Balaban J connectivity index is 2.11. The van der Waals surface area contributed by atoms with E-state index < -0.39 is 21.7 Å². The van der Waals surface area contributed by atoms with E-state index in [1.54, 1.807) is 0 Å². The lowest BCUT2D eigenvalue weighted by Gasteiger charge is -2.17. The Morgan fingerprint density at radius 1 is 1.59 bits per heavy atom. The summed E-state index contributed by atoms with van der Waals surface area (Å²) in [6.45, 7) is 0. The molecule has 2 atom stereocenters.